The number of carbonyl (C=O) groups is 2. The minimum absolute atomic E-state index is 0.351. The number of fused-ring (bicyclic) bond motifs is 2. The third-order valence-electron chi connectivity index (χ3n) is 6.30. The number of aromatic nitrogens is 1. The van der Waals surface area contributed by atoms with Crippen molar-refractivity contribution in [2.75, 3.05) is 31.2 Å². The molecule has 0 spiro atoms. The quantitative estimate of drug-likeness (QED) is 0.508. The van der Waals surface area contributed by atoms with E-state index in [-0.39, 0.29) is 5.91 Å². The van der Waals surface area contributed by atoms with Gasteiger partial charge < -0.3 is 18.6 Å². The highest BCUT2D eigenvalue weighted by atomic mass is 16.5. The predicted molar refractivity (Wildman–Crippen MR) is 122 cm³/mol. The van der Waals surface area contributed by atoms with Crippen molar-refractivity contribution in [1.82, 2.24) is 9.88 Å². The van der Waals surface area contributed by atoms with E-state index in [1.54, 1.807) is 6.26 Å². The number of ether oxygens (including phenoxy) is 1. The Morgan fingerprint density at radius 2 is 1.66 bits per heavy atom. The molecule has 2 aliphatic heterocycles. The molecule has 4 heterocycles. The minimum atomic E-state index is -0.405. The SMILES string of the molecule is Cn1cc(C2=C(c3coc4ccccc34)C(=O)NC2=O)c2cc(N3CCOCC3)ccc21. The van der Waals surface area contributed by atoms with Crippen LogP contribution in [0.25, 0.3) is 33.0 Å². The van der Waals surface area contributed by atoms with Crippen LogP contribution < -0.4 is 10.2 Å². The van der Waals surface area contributed by atoms with Crippen LogP contribution in [0.1, 0.15) is 11.1 Å². The molecule has 7 heteroatoms. The Bertz CT molecular complexity index is 1440. The van der Waals surface area contributed by atoms with Crippen LogP contribution in [0.5, 0.6) is 0 Å². The zero-order valence-electron chi connectivity index (χ0n) is 17.6. The van der Waals surface area contributed by atoms with Gasteiger partial charge in [-0.05, 0) is 24.3 Å². The normalized spacial score (nSPS) is 17.1. The first-order valence-corrected chi connectivity index (χ1v) is 10.6. The van der Waals surface area contributed by atoms with E-state index in [1.165, 1.54) is 0 Å². The Kier molecular flexibility index (Phi) is 4.19. The molecular weight excluding hydrogens is 406 g/mol. The molecule has 0 aliphatic carbocycles. The van der Waals surface area contributed by atoms with Crippen LogP contribution in [0.2, 0.25) is 0 Å². The molecule has 0 unspecified atom stereocenters. The summed E-state index contributed by atoms with van der Waals surface area (Å²) in [5.74, 6) is -0.794. The van der Waals surface area contributed by atoms with Crippen molar-refractivity contribution >= 4 is 50.5 Å². The van der Waals surface area contributed by atoms with Gasteiger partial charge in [0.05, 0.1) is 30.6 Å². The number of amides is 2. The summed E-state index contributed by atoms with van der Waals surface area (Å²) in [4.78, 5) is 28.2. The zero-order chi connectivity index (χ0) is 21.8. The molecule has 2 aromatic heterocycles. The van der Waals surface area contributed by atoms with Crippen LogP contribution in [-0.4, -0.2) is 42.7 Å². The minimum Gasteiger partial charge on any atom is -0.464 e. The van der Waals surface area contributed by atoms with Crippen LogP contribution in [0, 0.1) is 0 Å². The lowest BCUT2D eigenvalue weighted by Gasteiger charge is -2.29. The van der Waals surface area contributed by atoms with Crippen LogP contribution >= 0.6 is 0 Å². The number of carbonyl (C=O) groups excluding carboxylic acids is 2. The number of hydrogen-bond acceptors (Lipinski definition) is 5. The summed E-state index contributed by atoms with van der Waals surface area (Å²) in [6, 6.07) is 13.8. The highest BCUT2D eigenvalue weighted by Gasteiger charge is 2.35. The molecular formula is C25H21N3O4. The largest absolute Gasteiger partial charge is 0.464 e. The molecule has 1 fully saturated rings. The summed E-state index contributed by atoms with van der Waals surface area (Å²) in [5, 5.41) is 4.23. The van der Waals surface area contributed by atoms with Gasteiger partial charge in [-0.1, -0.05) is 18.2 Å². The van der Waals surface area contributed by atoms with E-state index < -0.39 is 5.91 Å². The Balaban J connectivity index is 1.58. The molecule has 1 N–H and O–H groups in total. The average Bonchev–Trinajstić information content (AvgIpc) is 3.47. The van der Waals surface area contributed by atoms with Crippen molar-refractivity contribution in [3.63, 3.8) is 0 Å². The Labute approximate surface area is 183 Å². The lowest BCUT2D eigenvalue weighted by Crippen LogP contribution is -2.36. The van der Waals surface area contributed by atoms with E-state index in [2.05, 4.69) is 28.4 Å². The van der Waals surface area contributed by atoms with Crippen molar-refractivity contribution < 1.29 is 18.7 Å². The van der Waals surface area contributed by atoms with Crippen molar-refractivity contribution in [2.24, 2.45) is 7.05 Å². The number of furan rings is 1. The number of anilines is 1. The summed E-state index contributed by atoms with van der Waals surface area (Å²) < 4.78 is 13.1. The number of hydrogen-bond donors (Lipinski definition) is 1. The second-order valence-electron chi connectivity index (χ2n) is 8.13. The molecule has 32 heavy (non-hydrogen) atoms. The summed E-state index contributed by atoms with van der Waals surface area (Å²) in [6.45, 7) is 3.03. The second-order valence-corrected chi connectivity index (χ2v) is 8.13. The number of morpholine rings is 1. The van der Waals surface area contributed by atoms with E-state index in [0.29, 0.717) is 35.5 Å². The van der Waals surface area contributed by atoms with E-state index >= 15 is 0 Å². The van der Waals surface area contributed by atoms with Gasteiger partial charge in [-0.15, -0.1) is 0 Å². The number of rotatable bonds is 3. The topological polar surface area (TPSA) is 76.7 Å². The molecule has 0 bridgehead atoms. The summed E-state index contributed by atoms with van der Waals surface area (Å²) in [7, 11) is 1.95. The smallest absolute Gasteiger partial charge is 0.259 e. The maximum Gasteiger partial charge on any atom is 0.259 e. The lowest BCUT2D eigenvalue weighted by molar-refractivity contribution is -0.122. The molecule has 2 amide bonds. The molecule has 2 aromatic carbocycles. The number of nitrogens with zero attached hydrogens (tertiary/aromatic N) is 2. The first-order chi connectivity index (χ1) is 15.6. The number of nitrogens with one attached hydrogen (secondary N) is 1. The third kappa shape index (κ3) is 2.78. The lowest BCUT2D eigenvalue weighted by atomic mass is 9.95. The Morgan fingerprint density at radius 3 is 2.47 bits per heavy atom. The van der Waals surface area contributed by atoms with Gasteiger partial charge in [-0.3, -0.25) is 14.9 Å². The fourth-order valence-electron chi connectivity index (χ4n) is 4.74. The molecule has 2 aliphatic rings. The van der Waals surface area contributed by atoms with Crippen LogP contribution in [-0.2, 0) is 21.4 Å². The maximum atomic E-state index is 13.0. The molecule has 4 aromatic rings. The second kappa shape index (κ2) is 7.10. The molecule has 160 valence electrons. The van der Waals surface area contributed by atoms with Crippen LogP contribution in [0.15, 0.2) is 59.3 Å². The fraction of sp³-hybridized carbons (Fsp3) is 0.200. The standard InChI is InChI=1S/C25H21N3O4/c1-27-13-18(17-12-15(6-7-20(17)27)28-8-10-31-11-9-28)22-23(25(30)26-24(22)29)19-14-32-21-5-3-2-4-16(19)21/h2-7,12-14H,8-11H2,1H3,(H,26,29,30). The average molecular weight is 427 g/mol. The van der Waals surface area contributed by atoms with Gasteiger partial charge in [-0.25, -0.2) is 0 Å². The van der Waals surface area contributed by atoms with Crippen molar-refractivity contribution in [3.8, 4) is 0 Å². The summed E-state index contributed by atoms with van der Waals surface area (Å²) >= 11 is 0. The fourth-order valence-corrected chi connectivity index (χ4v) is 4.74. The molecule has 0 atom stereocenters. The van der Waals surface area contributed by atoms with Gasteiger partial charge in [0.1, 0.15) is 5.58 Å². The van der Waals surface area contributed by atoms with Gasteiger partial charge in [0.15, 0.2) is 0 Å². The first-order valence-electron chi connectivity index (χ1n) is 10.6. The maximum absolute atomic E-state index is 13.0. The predicted octanol–water partition coefficient (Wildman–Crippen LogP) is 3.33. The van der Waals surface area contributed by atoms with Gasteiger partial charge in [0, 0.05) is 59.4 Å². The van der Waals surface area contributed by atoms with E-state index in [4.69, 9.17) is 9.15 Å². The summed E-state index contributed by atoms with van der Waals surface area (Å²) in [5.41, 5.74) is 4.84. The number of benzene rings is 2. The van der Waals surface area contributed by atoms with Crippen LogP contribution in [0.3, 0.4) is 0 Å². The number of para-hydroxylation sites is 1. The molecule has 0 saturated carbocycles. The van der Waals surface area contributed by atoms with Crippen molar-refractivity contribution in [3.05, 3.63) is 66.1 Å². The Morgan fingerprint density at radius 1 is 0.906 bits per heavy atom. The first kappa shape index (κ1) is 18.9. The highest BCUT2D eigenvalue weighted by molar-refractivity contribution is 6.50. The van der Waals surface area contributed by atoms with Crippen molar-refractivity contribution in [2.45, 2.75) is 0 Å². The highest BCUT2D eigenvalue weighted by Crippen LogP contribution is 2.39. The monoisotopic (exact) mass is 427 g/mol. The summed E-state index contributed by atoms with van der Waals surface area (Å²) in [6.07, 6.45) is 3.48. The van der Waals surface area contributed by atoms with E-state index in [9.17, 15) is 9.59 Å². The van der Waals surface area contributed by atoms with E-state index in [0.717, 1.165) is 40.6 Å². The van der Waals surface area contributed by atoms with E-state index in [1.807, 2.05) is 42.1 Å². The molecule has 6 rings (SSSR count). The van der Waals surface area contributed by atoms with Gasteiger partial charge >= 0.3 is 0 Å². The molecule has 1 saturated heterocycles. The van der Waals surface area contributed by atoms with Gasteiger partial charge in [-0.2, -0.15) is 0 Å². The van der Waals surface area contributed by atoms with Crippen LogP contribution in [0.4, 0.5) is 5.69 Å². The van der Waals surface area contributed by atoms with Crippen molar-refractivity contribution in [1.29, 1.82) is 0 Å². The Hall–Kier alpha value is -3.84. The number of aryl methyl sites for hydroxylation is 1. The zero-order valence-corrected chi connectivity index (χ0v) is 17.6. The molecule has 0 radical (unpaired) electrons. The van der Waals surface area contributed by atoms with Gasteiger partial charge in [0.2, 0.25) is 0 Å². The molecule has 7 nitrogen and oxygen atoms in total. The number of imide groups is 1. The third-order valence-corrected chi connectivity index (χ3v) is 6.30. The van der Waals surface area contributed by atoms with Gasteiger partial charge in [0.25, 0.3) is 11.8 Å².